The van der Waals surface area contributed by atoms with Gasteiger partial charge in [0.2, 0.25) is 11.8 Å². The van der Waals surface area contributed by atoms with Gasteiger partial charge in [-0.3, -0.25) is 14.4 Å². The molecule has 0 saturated carbocycles. The lowest BCUT2D eigenvalue weighted by atomic mass is 9.97. The minimum Gasteiger partial charge on any atom is -0.468 e. The van der Waals surface area contributed by atoms with E-state index in [4.69, 9.17) is 4.74 Å². The van der Waals surface area contributed by atoms with E-state index < -0.39 is 41.6 Å². The lowest BCUT2D eigenvalue weighted by Gasteiger charge is -2.34. The van der Waals surface area contributed by atoms with E-state index in [1.807, 2.05) is 49.4 Å². The number of rotatable bonds is 11. The smallest absolute Gasteiger partial charge is 0.408 e. The number of benzene rings is 2. The third kappa shape index (κ3) is 9.06. The molecule has 0 radical (unpaired) electrons. The summed E-state index contributed by atoms with van der Waals surface area (Å²) in [5.74, 6) is -1.71. The minimum atomic E-state index is -1.11. The number of ether oxygens (including phenoxy) is 2. The standard InChI is InChI=1S/C29H37N3O6/c1-7-17-32(25(22-16-12-11-13-20(22)2)26(34)30-19-24(33)37-6)27(35)23(18-21-14-9-8-10-15-21)31-28(36)38-29(3,4)5/h7-16,23,25H,1,17-19H2,2-6H3,(H,30,34)(H,31,36). The maximum absolute atomic E-state index is 14.1. The molecule has 0 aliphatic rings. The van der Waals surface area contributed by atoms with E-state index in [1.165, 1.54) is 18.1 Å². The fourth-order valence-corrected chi connectivity index (χ4v) is 3.83. The zero-order chi connectivity index (χ0) is 28.3. The van der Waals surface area contributed by atoms with Crippen molar-refractivity contribution in [3.05, 3.63) is 83.9 Å². The summed E-state index contributed by atoms with van der Waals surface area (Å²) in [6, 6.07) is 14.2. The van der Waals surface area contributed by atoms with Crippen LogP contribution in [0.3, 0.4) is 0 Å². The highest BCUT2D eigenvalue weighted by atomic mass is 16.6. The molecule has 0 heterocycles. The molecule has 3 amide bonds. The van der Waals surface area contributed by atoms with Crippen LogP contribution in [0.25, 0.3) is 0 Å². The Bertz CT molecular complexity index is 1130. The van der Waals surface area contributed by atoms with Crippen LogP contribution in [-0.2, 0) is 30.3 Å². The second kappa shape index (κ2) is 14.0. The Hall–Kier alpha value is -4.14. The van der Waals surface area contributed by atoms with Gasteiger partial charge in [-0.15, -0.1) is 6.58 Å². The maximum atomic E-state index is 14.1. The Morgan fingerprint density at radius 3 is 2.24 bits per heavy atom. The molecule has 0 spiro atoms. The van der Waals surface area contributed by atoms with Crippen molar-refractivity contribution >= 4 is 23.9 Å². The Labute approximate surface area is 224 Å². The van der Waals surface area contributed by atoms with Gasteiger partial charge in [0.1, 0.15) is 24.2 Å². The quantitative estimate of drug-likeness (QED) is 0.344. The number of carbonyl (C=O) groups excluding carboxylic acids is 4. The Balaban J connectivity index is 2.51. The first-order valence-electron chi connectivity index (χ1n) is 12.3. The zero-order valence-corrected chi connectivity index (χ0v) is 22.7. The van der Waals surface area contributed by atoms with Gasteiger partial charge in [0, 0.05) is 13.0 Å². The normalized spacial score (nSPS) is 12.4. The molecular formula is C29H37N3O6. The van der Waals surface area contributed by atoms with Crippen molar-refractivity contribution in [3.8, 4) is 0 Å². The molecule has 0 bridgehead atoms. The van der Waals surface area contributed by atoms with Gasteiger partial charge in [-0.05, 0) is 44.4 Å². The van der Waals surface area contributed by atoms with Gasteiger partial charge in [-0.1, -0.05) is 60.7 Å². The number of esters is 1. The van der Waals surface area contributed by atoms with Gasteiger partial charge < -0.3 is 25.0 Å². The van der Waals surface area contributed by atoms with Gasteiger partial charge >= 0.3 is 12.1 Å². The molecule has 0 fully saturated rings. The molecule has 0 aromatic heterocycles. The third-order valence-corrected chi connectivity index (χ3v) is 5.56. The number of hydrogen-bond acceptors (Lipinski definition) is 6. The van der Waals surface area contributed by atoms with E-state index in [0.717, 1.165) is 11.1 Å². The van der Waals surface area contributed by atoms with Crippen LogP contribution in [0, 0.1) is 6.92 Å². The van der Waals surface area contributed by atoms with E-state index >= 15 is 0 Å². The summed E-state index contributed by atoms with van der Waals surface area (Å²) in [7, 11) is 1.22. The fraction of sp³-hybridized carbons (Fsp3) is 0.379. The molecule has 204 valence electrons. The molecule has 0 aliphatic heterocycles. The van der Waals surface area contributed by atoms with Gasteiger partial charge in [0.05, 0.1) is 7.11 Å². The van der Waals surface area contributed by atoms with Crippen LogP contribution in [0.5, 0.6) is 0 Å². The van der Waals surface area contributed by atoms with Crippen molar-refractivity contribution in [2.24, 2.45) is 0 Å². The number of amides is 3. The third-order valence-electron chi connectivity index (χ3n) is 5.56. The number of hydrogen-bond donors (Lipinski definition) is 2. The molecule has 2 N–H and O–H groups in total. The molecule has 9 heteroatoms. The highest BCUT2D eigenvalue weighted by Gasteiger charge is 2.36. The van der Waals surface area contributed by atoms with Crippen molar-refractivity contribution in [1.29, 1.82) is 0 Å². The lowest BCUT2D eigenvalue weighted by molar-refractivity contribution is -0.144. The average Bonchev–Trinajstić information content (AvgIpc) is 2.86. The Morgan fingerprint density at radius 2 is 1.66 bits per heavy atom. The molecular weight excluding hydrogens is 486 g/mol. The van der Waals surface area contributed by atoms with Crippen LogP contribution < -0.4 is 10.6 Å². The predicted molar refractivity (Wildman–Crippen MR) is 144 cm³/mol. The Kier molecular flexibility index (Phi) is 11.1. The van der Waals surface area contributed by atoms with Gasteiger partial charge in [0.25, 0.3) is 0 Å². The number of methoxy groups -OCH3 is 1. The number of carbonyl (C=O) groups is 4. The predicted octanol–water partition coefficient (Wildman–Crippen LogP) is 3.48. The van der Waals surface area contributed by atoms with E-state index in [1.54, 1.807) is 32.9 Å². The first kappa shape index (κ1) is 30.1. The summed E-state index contributed by atoms with van der Waals surface area (Å²) in [6.07, 6.45) is 0.911. The fourth-order valence-electron chi connectivity index (χ4n) is 3.83. The summed E-state index contributed by atoms with van der Waals surface area (Å²) in [6.45, 7) is 10.4. The van der Waals surface area contributed by atoms with E-state index in [9.17, 15) is 19.2 Å². The van der Waals surface area contributed by atoms with E-state index in [-0.39, 0.29) is 19.5 Å². The van der Waals surface area contributed by atoms with Gasteiger partial charge in [-0.2, -0.15) is 0 Å². The molecule has 2 rings (SSSR count). The van der Waals surface area contributed by atoms with Crippen molar-refractivity contribution in [2.45, 2.75) is 51.8 Å². The zero-order valence-electron chi connectivity index (χ0n) is 22.7. The van der Waals surface area contributed by atoms with Crippen molar-refractivity contribution < 1.29 is 28.7 Å². The first-order chi connectivity index (χ1) is 18.0. The van der Waals surface area contributed by atoms with Crippen molar-refractivity contribution in [3.63, 3.8) is 0 Å². The van der Waals surface area contributed by atoms with Gasteiger partial charge in [0.15, 0.2) is 0 Å². The highest BCUT2D eigenvalue weighted by molar-refractivity contribution is 5.93. The first-order valence-corrected chi connectivity index (χ1v) is 12.3. The summed E-state index contributed by atoms with van der Waals surface area (Å²) < 4.78 is 10.1. The molecule has 0 aliphatic carbocycles. The maximum Gasteiger partial charge on any atom is 0.408 e. The second-order valence-corrected chi connectivity index (χ2v) is 9.72. The summed E-state index contributed by atoms with van der Waals surface area (Å²) in [5, 5.41) is 5.25. The lowest BCUT2D eigenvalue weighted by Crippen LogP contribution is -2.54. The van der Waals surface area contributed by atoms with Crippen LogP contribution in [0.2, 0.25) is 0 Å². The summed E-state index contributed by atoms with van der Waals surface area (Å²) in [4.78, 5) is 53.4. The highest BCUT2D eigenvalue weighted by Crippen LogP contribution is 2.26. The van der Waals surface area contributed by atoms with Crippen LogP contribution in [0.1, 0.15) is 43.5 Å². The number of alkyl carbamates (subject to hydrolysis) is 1. The van der Waals surface area contributed by atoms with Crippen molar-refractivity contribution in [2.75, 3.05) is 20.2 Å². The number of aryl methyl sites for hydroxylation is 1. The van der Waals surface area contributed by atoms with Crippen LogP contribution in [0.15, 0.2) is 67.3 Å². The van der Waals surface area contributed by atoms with Crippen LogP contribution in [0.4, 0.5) is 4.79 Å². The topological polar surface area (TPSA) is 114 Å². The van der Waals surface area contributed by atoms with E-state index in [0.29, 0.717) is 5.56 Å². The molecule has 0 saturated heterocycles. The largest absolute Gasteiger partial charge is 0.468 e. The Morgan fingerprint density at radius 1 is 1.03 bits per heavy atom. The summed E-state index contributed by atoms with van der Waals surface area (Å²) >= 11 is 0. The second-order valence-electron chi connectivity index (χ2n) is 9.72. The monoisotopic (exact) mass is 523 g/mol. The molecule has 2 atom stereocenters. The van der Waals surface area contributed by atoms with Crippen LogP contribution >= 0.6 is 0 Å². The van der Waals surface area contributed by atoms with Gasteiger partial charge in [-0.25, -0.2) is 4.79 Å². The molecule has 38 heavy (non-hydrogen) atoms. The minimum absolute atomic E-state index is 0.00473. The molecule has 9 nitrogen and oxygen atoms in total. The average molecular weight is 524 g/mol. The number of nitrogens with one attached hydrogen (secondary N) is 2. The molecule has 2 aromatic carbocycles. The summed E-state index contributed by atoms with van der Waals surface area (Å²) in [5.41, 5.74) is 1.37. The molecule has 2 unspecified atom stereocenters. The van der Waals surface area contributed by atoms with E-state index in [2.05, 4.69) is 21.9 Å². The SMILES string of the molecule is C=CCN(C(=O)C(Cc1ccccc1)NC(=O)OC(C)(C)C)C(C(=O)NCC(=O)OC)c1ccccc1C. The van der Waals surface area contributed by atoms with Crippen molar-refractivity contribution in [1.82, 2.24) is 15.5 Å². The van der Waals surface area contributed by atoms with Crippen LogP contribution in [-0.4, -0.2) is 60.6 Å². The number of nitrogens with zero attached hydrogens (tertiary/aromatic N) is 1. The molecule has 2 aromatic rings.